The molecule has 1 heterocycles. The Balaban J connectivity index is 1.72. The highest BCUT2D eigenvalue weighted by Gasteiger charge is 2.22. The standard InChI is InChI=1S/C17H22N2O/c20-17-13-18-12-15-8-4-5-9-16(15)19(17)11-10-14-6-2-1-3-7-14/h4-5,8-9,12,14H,1-3,6-7,10-11,13H2. The number of rotatable bonds is 3. The van der Waals surface area contributed by atoms with Gasteiger partial charge >= 0.3 is 0 Å². The van der Waals surface area contributed by atoms with Crippen LogP contribution in [0, 0.1) is 5.92 Å². The maximum atomic E-state index is 12.3. The summed E-state index contributed by atoms with van der Waals surface area (Å²) in [5.41, 5.74) is 2.08. The van der Waals surface area contributed by atoms with E-state index in [1.165, 1.54) is 32.1 Å². The summed E-state index contributed by atoms with van der Waals surface area (Å²) >= 11 is 0. The van der Waals surface area contributed by atoms with Gasteiger partial charge in [-0.25, -0.2) is 0 Å². The van der Waals surface area contributed by atoms with E-state index in [1.807, 2.05) is 35.4 Å². The van der Waals surface area contributed by atoms with Crippen molar-refractivity contribution in [3.8, 4) is 0 Å². The third-order valence-electron chi connectivity index (χ3n) is 4.47. The van der Waals surface area contributed by atoms with Crippen LogP contribution in [0.4, 0.5) is 5.69 Å². The average Bonchev–Trinajstić information content (AvgIpc) is 2.65. The number of aliphatic imine (C=N–C) groups is 1. The van der Waals surface area contributed by atoms with Crippen LogP contribution in [-0.2, 0) is 4.79 Å². The minimum absolute atomic E-state index is 0.127. The Hall–Kier alpha value is -1.64. The second-order valence-corrected chi connectivity index (χ2v) is 5.87. The summed E-state index contributed by atoms with van der Waals surface area (Å²) in [7, 11) is 0. The minimum atomic E-state index is 0.127. The number of amides is 1. The number of hydrogen-bond acceptors (Lipinski definition) is 2. The normalized spacial score (nSPS) is 19.8. The first-order valence-electron chi connectivity index (χ1n) is 7.74. The van der Waals surface area contributed by atoms with Crippen LogP contribution in [0.25, 0.3) is 0 Å². The lowest BCUT2D eigenvalue weighted by Gasteiger charge is -2.27. The molecule has 0 aromatic heterocycles. The van der Waals surface area contributed by atoms with Crippen LogP contribution in [0.1, 0.15) is 44.1 Å². The van der Waals surface area contributed by atoms with Crippen LogP contribution in [0.3, 0.4) is 0 Å². The summed E-state index contributed by atoms with van der Waals surface area (Å²) in [6.07, 6.45) is 9.72. The molecule has 0 saturated heterocycles. The molecule has 0 radical (unpaired) electrons. The van der Waals surface area contributed by atoms with Crippen molar-refractivity contribution < 1.29 is 4.79 Å². The van der Waals surface area contributed by atoms with Gasteiger partial charge in [0.25, 0.3) is 0 Å². The number of anilines is 1. The fraction of sp³-hybridized carbons (Fsp3) is 0.529. The molecule has 3 rings (SSSR count). The molecule has 2 aliphatic rings. The highest BCUT2D eigenvalue weighted by atomic mass is 16.2. The molecule has 1 fully saturated rings. The zero-order chi connectivity index (χ0) is 13.8. The van der Waals surface area contributed by atoms with Gasteiger partial charge in [0.15, 0.2) is 0 Å². The van der Waals surface area contributed by atoms with Crippen molar-refractivity contribution in [2.45, 2.75) is 38.5 Å². The quantitative estimate of drug-likeness (QED) is 0.828. The Morgan fingerprint density at radius 2 is 1.95 bits per heavy atom. The molecular weight excluding hydrogens is 248 g/mol. The summed E-state index contributed by atoms with van der Waals surface area (Å²) < 4.78 is 0. The Morgan fingerprint density at radius 1 is 1.15 bits per heavy atom. The zero-order valence-corrected chi connectivity index (χ0v) is 11.9. The van der Waals surface area contributed by atoms with Crippen LogP contribution < -0.4 is 4.90 Å². The number of nitrogens with zero attached hydrogens (tertiary/aromatic N) is 2. The second kappa shape index (κ2) is 6.21. The number of carbonyl (C=O) groups is 1. The van der Waals surface area contributed by atoms with Crippen molar-refractivity contribution in [3.05, 3.63) is 29.8 Å². The molecule has 1 aliphatic carbocycles. The molecule has 106 valence electrons. The lowest BCUT2D eigenvalue weighted by atomic mass is 9.87. The summed E-state index contributed by atoms with van der Waals surface area (Å²) in [6, 6.07) is 8.06. The van der Waals surface area contributed by atoms with E-state index >= 15 is 0 Å². The number of carbonyl (C=O) groups excluding carboxylic acids is 1. The Bertz CT molecular complexity index is 503. The van der Waals surface area contributed by atoms with Gasteiger partial charge in [-0.1, -0.05) is 50.3 Å². The van der Waals surface area contributed by atoms with Crippen LogP contribution in [0.15, 0.2) is 29.3 Å². The molecule has 0 N–H and O–H groups in total. The van der Waals surface area contributed by atoms with E-state index in [0.717, 1.165) is 30.1 Å². The predicted octanol–water partition coefficient (Wildman–Crippen LogP) is 3.42. The van der Waals surface area contributed by atoms with Gasteiger partial charge in [0, 0.05) is 18.3 Å². The summed E-state index contributed by atoms with van der Waals surface area (Å²) in [6.45, 7) is 1.11. The van der Waals surface area contributed by atoms with Crippen molar-refractivity contribution in [2.75, 3.05) is 18.0 Å². The van der Waals surface area contributed by atoms with Crippen molar-refractivity contribution in [3.63, 3.8) is 0 Å². The SMILES string of the molecule is O=C1CN=Cc2ccccc2N1CCC1CCCCC1. The van der Waals surface area contributed by atoms with Crippen molar-refractivity contribution in [1.82, 2.24) is 0 Å². The molecule has 1 saturated carbocycles. The number of benzodiazepines with no additional fused rings is 1. The first-order valence-corrected chi connectivity index (χ1v) is 7.74. The Morgan fingerprint density at radius 3 is 2.80 bits per heavy atom. The molecule has 3 heteroatoms. The molecule has 0 unspecified atom stereocenters. The molecule has 1 aromatic carbocycles. The lowest BCUT2D eigenvalue weighted by molar-refractivity contribution is -0.117. The molecule has 1 aliphatic heterocycles. The van der Waals surface area contributed by atoms with Gasteiger partial charge in [0.1, 0.15) is 6.54 Å². The Labute approximate surface area is 120 Å². The average molecular weight is 270 g/mol. The molecule has 1 aromatic rings. The maximum absolute atomic E-state index is 12.3. The van der Waals surface area contributed by atoms with Crippen molar-refractivity contribution in [1.29, 1.82) is 0 Å². The zero-order valence-electron chi connectivity index (χ0n) is 11.9. The van der Waals surface area contributed by atoms with E-state index in [0.29, 0.717) is 0 Å². The highest BCUT2D eigenvalue weighted by Crippen LogP contribution is 2.28. The summed E-state index contributed by atoms with van der Waals surface area (Å²) in [4.78, 5) is 18.4. The fourth-order valence-corrected chi connectivity index (χ4v) is 3.32. The van der Waals surface area contributed by atoms with Gasteiger partial charge in [-0.15, -0.1) is 0 Å². The maximum Gasteiger partial charge on any atom is 0.248 e. The molecule has 1 amide bonds. The Kier molecular flexibility index (Phi) is 4.14. The van der Waals surface area contributed by atoms with Gasteiger partial charge in [0.05, 0.1) is 5.69 Å². The van der Waals surface area contributed by atoms with Gasteiger partial charge in [0.2, 0.25) is 5.91 Å². The first kappa shape index (κ1) is 13.3. The topological polar surface area (TPSA) is 32.7 Å². The molecular formula is C17H22N2O. The molecule has 20 heavy (non-hydrogen) atoms. The molecule has 3 nitrogen and oxygen atoms in total. The second-order valence-electron chi connectivity index (χ2n) is 5.87. The molecule has 0 bridgehead atoms. The van der Waals surface area contributed by atoms with Crippen molar-refractivity contribution >= 4 is 17.8 Å². The van der Waals surface area contributed by atoms with Gasteiger partial charge in [-0.3, -0.25) is 9.79 Å². The van der Waals surface area contributed by atoms with Gasteiger partial charge < -0.3 is 4.90 Å². The van der Waals surface area contributed by atoms with E-state index in [2.05, 4.69) is 4.99 Å². The summed E-state index contributed by atoms with van der Waals surface area (Å²) in [5.74, 6) is 0.926. The minimum Gasteiger partial charge on any atom is -0.310 e. The van der Waals surface area contributed by atoms with E-state index < -0.39 is 0 Å². The number of fused-ring (bicyclic) bond motifs is 1. The van der Waals surface area contributed by atoms with Crippen LogP contribution >= 0.6 is 0 Å². The third kappa shape index (κ3) is 2.92. The number of para-hydroxylation sites is 1. The van der Waals surface area contributed by atoms with Crippen LogP contribution in [-0.4, -0.2) is 25.2 Å². The summed E-state index contributed by atoms with van der Waals surface area (Å²) in [5, 5.41) is 0. The van der Waals surface area contributed by atoms with E-state index in [-0.39, 0.29) is 12.5 Å². The number of hydrogen-bond donors (Lipinski definition) is 0. The van der Waals surface area contributed by atoms with Crippen LogP contribution in [0.5, 0.6) is 0 Å². The predicted molar refractivity (Wildman–Crippen MR) is 82.4 cm³/mol. The monoisotopic (exact) mass is 270 g/mol. The third-order valence-corrected chi connectivity index (χ3v) is 4.47. The fourth-order valence-electron chi connectivity index (χ4n) is 3.32. The first-order chi connectivity index (χ1) is 9.84. The van der Waals surface area contributed by atoms with E-state index in [9.17, 15) is 4.79 Å². The molecule has 0 spiro atoms. The van der Waals surface area contributed by atoms with Crippen LogP contribution in [0.2, 0.25) is 0 Å². The van der Waals surface area contributed by atoms with Crippen molar-refractivity contribution in [2.24, 2.45) is 10.9 Å². The van der Waals surface area contributed by atoms with E-state index in [4.69, 9.17) is 0 Å². The molecule has 0 atom stereocenters. The largest absolute Gasteiger partial charge is 0.310 e. The van der Waals surface area contributed by atoms with Gasteiger partial charge in [-0.05, 0) is 18.4 Å². The smallest absolute Gasteiger partial charge is 0.248 e. The lowest BCUT2D eigenvalue weighted by Crippen LogP contribution is -2.34. The van der Waals surface area contributed by atoms with Gasteiger partial charge in [-0.2, -0.15) is 0 Å². The van der Waals surface area contributed by atoms with E-state index in [1.54, 1.807) is 0 Å². The number of benzene rings is 1. The highest BCUT2D eigenvalue weighted by molar-refractivity contribution is 6.03.